The van der Waals surface area contributed by atoms with Crippen molar-refractivity contribution < 1.29 is 0 Å². The minimum Gasteiger partial charge on any atom is -0.379 e. The number of benzene rings is 1. The first-order chi connectivity index (χ1) is 8.08. The molecule has 1 heterocycles. The number of rotatable bonds is 3. The zero-order valence-electron chi connectivity index (χ0n) is 9.06. The molecule has 0 saturated carbocycles. The van der Waals surface area contributed by atoms with Crippen molar-refractivity contribution in [3.63, 3.8) is 0 Å². The molecule has 0 atom stereocenters. The lowest BCUT2D eigenvalue weighted by Gasteiger charge is -2.10. The molecular weight excluding hydrogens is 385 g/mol. The van der Waals surface area contributed by atoms with Crippen molar-refractivity contribution in [1.29, 1.82) is 0 Å². The number of para-hydroxylation sites is 1. The van der Waals surface area contributed by atoms with E-state index in [0.29, 0.717) is 0 Å². The summed E-state index contributed by atoms with van der Waals surface area (Å²) in [5.41, 5.74) is 2.17. The third-order valence-electron chi connectivity index (χ3n) is 2.36. The predicted molar refractivity (Wildman–Crippen MR) is 83.2 cm³/mol. The van der Waals surface area contributed by atoms with E-state index in [-0.39, 0.29) is 0 Å². The monoisotopic (exact) mass is 393 g/mol. The highest BCUT2D eigenvalue weighted by molar-refractivity contribution is 9.13. The van der Waals surface area contributed by atoms with E-state index in [1.807, 2.05) is 12.1 Å². The number of aryl methyl sites for hydroxylation is 1. The van der Waals surface area contributed by atoms with Crippen LogP contribution in [0.15, 0.2) is 32.5 Å². The first-order valence-corrected chi connectivity index (χ1v) is 7.78. The Balaban J connectivity index is 2.12. The highest BCUT2D eigenvalue weighted by atomic mass is 79.9. The van der Waals surface area contributed by atoms with E-state index < -0.39 is 0 Å². The van der Waals surface area contributed by atoms with Crippen LogP contribution in [-0.2, 0) is 6.54 Å². The third kappa shape index (κ3) is 3.25. The molecule has 1 nitrogen and oxygen atoms in total. The van der Waals surface area contributed by atoms with Gasteiger partial charge in [0.2, 0.25) is 0 Å². The number of anilines is 1. The molecule has 0 spiro atoms. The van der Waals surface area contributed by atoms with Crippen molar-refractivity contribution in [3.05, 3.63) is 48.0 Å². The summed E-state index contributed by atoms with van der Waals surface area (Å²) in [5.74, 6) is 0. The summed E-state index contributed by atoms with van der Waals surface area (Å²) < 4.78 is 2.21. The van der Waals surface area contributed by atoms with Crippen LogP contribution in [0.2, 0.25) is 5.02 Å². The topological polar surface area (TPSA) is 12.0 Å². The van der Waals surface area contributed by atoms with Crippen LogP contribution >= 0.6 is 54.8 Å². The highest BCUT2D eigenvalue weighted by Crippen LogP contribution is 2.33. The summed E-state index contributed by atoms with van der Waals surface area (Å²) in [4.78, 5) is 1.25. The Morgan fingerprint density at radius 1 is 1.35 bits per heavy atom. The number of hydrogen-bond donors (Lipinski definition) is 1. The molecule has 1 N–H and O–H groups in total. The van der Waals surface area contributed by atoms with Crippen molar-refractivity contribution in [2.75, 3.05) is 5.32 Å². The maximum absolute atomic E-state index is 6.15. The second-order valence-corrected chi connectivity index (χ2v) is 7.34. The lowest BCUT2D eigenvalue weighted by Crippen LogP contribution is -1.99. The van der Waals surface area contributed by atoms with Gasteiger partial charge in [-0.25, -0.2) is 0 Å². The van der Waals surface area contributed by atoms with Gasteiger partial charge in [-0.3, -0.25) is 0 Å². The standard InChI is InChI=1S/C12H10Br2ClNS/c1-7-3-2-4-10(15)11(7)16-6-8-5-9(13)12(14)17-8/h2-5,16H,6H2,1H3. The van der Waals surface area contributed by atoms with E-state index in [0.717, 1.165) is 31.1 Å². The van der Waals surface area contributed by atoms with E-state index in [4.69, 9.17) is 11.6 Å². The van der Waals surface area contributed by atoms with E-state index in [1.54, 1.807) is 11.3 Å². The van der Waals surface area contributed by atoms with Gasteiger partial charge in [0.05, 0.1) is 14.5 Å². The maximum atomic E-state index is 6.15. The van der Waals surface area contributed by atoms with Crippen LogP contribution in [0.5, 0.6) is 0 Å². The Morgan fingerprint density at radius 2 is 2.12 bits per heavy atom. The largest absolute Gasteiger partial charge is 0.379 e. The lowest BCUT2D eigenvalue weighted by atomic mass is 10.2. The van der Waals surface area contributed by atoms with Crippen molar-refractivity contribution in [1.82, 2.24) is 0 Å². The average Bonchev–Trinajstić information content (AvgIpc) is 2.58. The van der Waals surface area contributed by atoms with Crippen LogP contribution < -0.4 is 5.32 Å². The minimum atomic E-state index is 0.764. The average molecular weight is 396 g/mol. The second kappa shape index (κ2) is 5.74. The van der Waals surface area contributed by atoms with Crippen molar-refractivity contribution in [2.24, 2.45) is 0 Å². The summed E-state index contributed by atoms with van der Waals surface area (Å²) >= 11 is 14.8. The van der Waals surface area contributed by atoms with Gasteiger partial charge < -0.3 is 5.32 Å². The van der Waals surface area contributed by atoms with E-state index in [2.05, 4.69) is 56.2 Å². The second-order valence-electron chi connectivity index (χ2n) is 3.62. The molecule has 0 unspecified atom stereocenters. The zero-order chi connectivity index (χ0) is 12.4. The molecular formula is C12H10Br2ClNS. The quantitative estimate of drug-likeness (QED) is 0.688. The summed E-state index contributed by atoms with van der Waals surface area (Å²) in [5, 5.41) is 4.14. The van der Waals surface area contributed by atoms with Crippen molar-refractivity contribution >= 4 is 60.5 Å². The molecule has 17 heavy (non-hydrogen) atoms. The minimum absolute atomic E-state index is 0.764. The van der Waals surface area contributed by atoms with Crippen molar-refractivity contribution in [3.8, 4) is 0 Å². The lowest BCUT2D eigenvalue weighted by molar-refractivity contribution is 1.18. The van der Waals surface area contributed by atoms with Crippen molar-refractivity contribution in [2.45, 2.75) is 13.5 Å². The Labute approximate surface area is 126 Å². The van der Waals surface area contributed by atoms with Gasteiger partial charge in [-0.2, -0.15) is 0 Å². The Morgan fingerprint density at radius 3 is 2.71 bits per heavy atom. The van der Waals surface area contributed by atoms with E-state index in [1.165, 1.54) is 4.88 Å². The number of hydrogen-bond acceptors (Lipinski definition) is 2. The Kier molecular flexibility index (Phi) is 4.53. The third-order valence-corrected chi connectivity index (χ3v) is 5.93. The van der Waals surface area contributed by atoms with E-state index >= 15 is 0 Å². The van der Waals surface area contributed by atoms with Gasteiger partial charge in [0, 0.05) is 15.9 Å². The molecule has 0 aliphatic heterocycles. The molecule has 0 radical (unpaired) electrons. The van der Waals surface area contributed by atoms with Gasteiger partial charge in [0.15, 0.2) is 0 Å². The SMILES string of the molecule is Cc1cccc(Cl)c1NCc1cc(Br)c(Br)s1. The smallest absolute Gasteiger partial charge is 0.0843 e. The van der Waals surface area contributed by atoms with Gasteiger partial charge in [-0.15, -0.1) is 11.3 Å². The fourth-order valence-corrected chi connectivity index (χ4v) is 3.92. The molecule has 0 bridgehead atoms. The summed E-state index contributed by atoms with van der Waals surface area (Å²) in [6, 6.07) is 8.01. The first-order valence-electron chi connectivity index (χ1n) is 5.00. The number of nitrogens with one attached hydrogen (secondary N) is 1. The zero-order valence-corrected chi connectivity index (χ0v) is 13.8. The highest BCUT2D eigenvalue weighted by Gasteiger charge is 2.06. The molecule has 90 valence electrons. The first kappa shape index (κ1) is 13.4. The molecule has 0 amide bonds. The number of thiophene rings is 1. The molecule has 2 aromatic rings. The molecule has 2 rings (SSSR count). The van der Waals surface area contributed by atoms with Gasteiger partial charge in [-0.1, -0.05) is 23.7 Å². The number of halogens is 3. The van der Waals surface area contributed by atoms with Crippen LogP contribution in [0.25, 0.3) is 0 Å². The maximum Gasteiger partial charge on any atom is 0.0843 e. The van der Waals surface area contributed by atoms with E-state index in [9.17, 15) is 0 Å². The molecule has 1 aromatic heterocycles. The fourth-order valence-electron chi connectivity index (χ4n) is 1.51. The van der Waals surface area contributed by atoms with Gasteiger partial charge in [0.1, 0.15) is 0 Å². The van der Waals surface area contributed by atoms with Crippen LogP contribution in [-0.4, -0.2) is 0 Å². The van der Waals surface area contributed by atoms with Crippen LogP contribution in [0.3, 0.4) is 0 Å². The Hall–Kier alpha value is -0.0300. The summed E-state index contributed by atoms with van der Waals surface area (Å²) in [7, 11) is 0. The predicted octanol–water partition coefficient (Wildman–Crippen LogP) is 5.85. The van der Waals surface area contributed by atoms with Crippen LogP contribution in [0.4, 0.5) is 5.69 Å². The molecule has 5 heteroatoms. The van der Waals surface area contributed by atoms with Crippen LogP contribution in [0.1, 0.15) is 10.4 Å². The molecule has 0 aliphatic rings. The Bertz CT molecular complexity index is 500. The molecule has 1 aromatic carbocycles. The molecule has 0 aliphatic carbocycles. The van der Waals surface area contributed by atoms with Crippen LogP contribution in [0, 0.1) is 6.92 Å². The molecule has 0 saturated heterocycles. The normalized spacial score (nSPS) is 10.6. The summed E-state index contributed by atoms with van der Waals surface area (Å²) in [6.07, 6.45) is 0. The van der Waals surface area contributed by atoms with Gasteiger partial charge >= 0.3 is 0 Å². The molecule has 0 fully saturated rings. The summed E-state index contributed by atoms with van der Waals surface area (Å²) in [6.45, 7) is 2.83. The van der Waals surface area contributed by atoms with Gasteiger partial charge in [0.25, 0.3) is 0 Å². The fraction of sp³-hybridized carbons (Fsp3) is 0.167. The van der Waals surface area contributed by atoms with Gasteiger partial charge in [-0.05, 0) is 56.5 Å².